The number of nitro benzene ring substituents is 1. The third-order valence-corrected chi connectivity index (χ3v) is 3.58. The molecule has 0 aliphatic carbocycles. The SMILES string of the molecule is COc1cc2nn(C3CCOCC3)cc2cc1[N+](=O)[O-]. The van der Waals surface area contributed by atoms with Crippen LogP contribution in [-0.2, 0) is 4.74 Å². The minimum atomic E-state index is -0.440. The first-order valence-corrected chi connectivity index (χ1v) is 6.48. The summed E-state index contributed by atoms with van der Waals surface area (Å²) in [6.45, 7) is 1.45. The van der Waals surface area contributed by atoms with Gasteiger partial charge in [-0.25, -0.2) is 0 Å². The second-order valence-electron chi connectivity index (χ2n) is 4.79. The average Bonchev–Trinajstić information content (AvgIpc) is 2.89. The van der Waals surface area contributed by atoms with Crippen molar-refractivity contribution in [1.82, 2.24) is 9.78 Å². The van der Waals surface area contributed by atoms with Crippen molar-refractivity contribution in [1.29, 1.82) is 0 Å². The molecular formula is C13H15N3O4. The Morgan fingerprint density at radius 2 is 2.20 bits per heavy atom. The van der Waals surface area contributed by atoms with E-state index in [9.17, 15) is 10.1 Å². The molecule has 0 radical (unpaired) electrons. The first-order valence-electron chi connectivity index (χ1n) is 6.48. The zero-order valence-corrected chi connectivity index (χ0v) is 11.1. The summed E-state index contributed by atoms with van der Waals surface area (Å²) in [5.74, 6) is 0.236. The van der Waals surface area contributed by atoms with Gasteiger partial charge in [0.25, 0.3) is 0 Å². The first-order chi connectivity index (χ1) is 9.69. The molecule has 1 fully saturated rings. The number of nitro groups is 1. The van der Waals surface area contributed by atoms with Gasteiger partial charge in [-0.15, -0.1) is 0 Å². The number of benzene rings is 1. The van der Waals surface area contributed by atoms with Gasteiger partial charge in [-0.1, -0.05) is 0 Å². The van der Waals surface area contributed by atoms with Gasteiger partial charge in [0.1, 0.15) is 0 Å². The van der Waals surface area contributed by atoms with Crippen LogP contribution < -0.4 is 4.74 Å². The largest absolute Gasteiger partial charge is 0.490 e. The lowest BCUT2D eigenvalue weighted by molar-refractivity contribution is -0.385. The molecule has 0 bridgehead atoms. The molecule has 1 aliphatic heterocycles. The van der Waals surface area contributed by atoms with Crippen LogP contribution in [0.4, 0.5) is 5.69 Å². The Kier molecular flexibility index (Phi) is 3.27. The number of aromatic nitrogens is 2. The predicted molar refractivity (Wildman–Crippen MR) is 72.0 cm³/mol. The van der Waals surface area contributed by atoms with Crippen LogP contribution >= 0.6 is 0 Å². The van der Waals surface area contributed by atoms with E-state index in [4.69, 9.17) is 9.47 Å². The third-order valence-electron chi connectivity index (χ3n) is 3.58. The highest BCUT2D eigenvalue weighted by Crippen LogP contribution is 2.32. The van der Waals surface area contributed by atoms with Gasteiger partial charge >= 0.3 is 5.69 Å². The highest BCUT2D eigenvalue weighted by Gasteiger charge is 2.20. The number of methoxy groups -OCH3 is 1. The van der Waals surface area contributed by atoms with Gasteiger partial charge in [-0.2, -0.15) is 5.10 Å². The molecule has 3 rings (SSSR count). The summed E-state index contributed by atoms with van der Waals surface area (Å²) in [7, 11) is 1.42. The second-order valence-corrected chi connectivity index (χ2v) is 4.79. The number of hydrogen-bond donors (Lipinski definition) is 0. The van der Waals surface area contributed by atoms with Crippen molar-refractivity contribution < 1.29 is 14.4 Å². The van der Waals surface area contributed by atoms with Gasteiger partial charge in [0.05, 0.1) is 23.6 Å². The molecule has 1 aliphatic rings. The standard InChI is InChI=1S/C13H15N3O4/c1-19-13-7-11-9(6-12(13)16(17)18)8-15(14-11)10-2-4-20-5-3-10/h6-8,10H,2-5H2,1H3. The van der Waals surface area contributed by atoms with Crippen molar-refractivity contribution in [3.63, 3.8) is 0 Å². The molecule has 0 saturated carbocycles. The monoisotopic (exact) mass is 277 g/mol. The van der Waals surface area contributed by atoms with Gasteiger partial charge in [0.2, 0.25) is 0 Å². The van der Waals surface area contributed by atoms with E-state index in [0.717, 1.165) is 31.4 Å². The number of fused-ring (bicyclic) bond motifs is 1. The summed E-state index contributed by atoms with van der Waals surface area (Å²) >= 11 is 0. The van der Waals surface area contributed by atoms with Crippen molar-refractivity contribution in [2.45, 2.75) is 18.9 Å². The molecule has 0 spiro atoms. The Morgan fingerprint density at radius 1 is 1.45 bits per heavy atom. The van der Waals surface area contributed by atoms with Crippen LogP contribution in [0, 0.1) is 10.1 Å². The highest BCUT2D eigenvalue weighted by atomic mass is 16.6. The van der Waals surface area contributed by atoms with E-state index in [0.29, 0.717) is 11.6 Å². The molecule has 7 nitrogen and oxygen atoms in total. The van der Waals surface area contributed by atoms with Crippen LogP contribution in [0.2, 0.25) is 0 Å². The smallest absolute Gasteiger partial charge is 0.311 e. The average molecular weight is 277 g/mol. The van der Waals surface area contributed by atoms with Gasteiger partial charge in [-0.3, -0.25) is 14.8 Å². The highest BCUT2D eigenvalue weighted by molar-refractivity contribution is 5.83. The Bertz CT molecular complexity index is 646. The molecule has 1 aromatic heterocycles. The summed E-state index contributed by atoms with van der Waals surface area (Å²) in [6.07, 6.45) is 3.68. The van der Waals surface area contributed by atoms with Crippen LogP contribution in [-0.4, -0.2) is 35.0 Å². The fourth-order valence-electron chi connectivity index (χ4n) is 2.50. The van der Waals surface area contributed by atoms with Crippen LogP contribution in [0.1, 0.15) is 18.9 Å². The summed E-state index contributed by atoms with van der Waals surface area (Å²) in [5.41, 5.74) is 0.672. The van der Waals surface area contributed by atoms with Crippen molar-refractivity contribution in [2.75, 3.05) is 20.3 Å². The minimum Gasteiger partial charge on any atom is -0.490 e. The molecule has 0 amide bonds. The summed E-state index contributed by atoms with van der Waals surface area (Å²) in [6, 6.07) is 3.42. The Labute approximate surface area is 115 Å². The van der Waals surface area contributed by atoms with E-state index in [1.54, 1.807) is 6.07 Å². The zero-order chi connectivity index (χ0) is 14.1. The molecule has 2 aromatic rings. The molecule has 2 heterocycles. The number of rotatable bonds is 3. The number of hydrogen-bond acceptors (Lipinski definition) is 5. The molecule has 20 heavy (non-hydrogen) atoms. The normalized spacial score (nSPS) is 16.4. The Balaban J connectivity index is 2.03. The van der Waals surface area contributed by atoms with Crippen LogP contribution in [0.5, 0.6) is 5.75 Å². The molecule has 1 aromatic carbocycles. The Morgan fingerprint density at radius 3 is 2.85 bits per heavy atom. The molecule has 0 unspecified atom stereocenters. The van der Waals surface area contributed by atoms with E-state index in [1.807, 2.05) is 10.9 Å². The first kappa shape index (κ1) is 12.9. The maximum Gasteiger partial charge on any atom is 0.311 e. The summed E-state index contributed by atoms with van der Waals surface area (Å²) < 4.78 is 12.3. The maximum atomic E-state index is 11.0. The topological polar surface area (TPSA) is 79.4 Å². The van der Waals surface area contributed by atoms with E-state index in [1.165, 1.54) is 13.2 Å². The van der Waals surface area contributed by atoms with Gasteiger partial charge in [0, 0.05) is 36.9 Å². The van der Waals surface area contributed by atoms with Gasteiger partial charge in [0.15, 0.2) is 5.75 Å². The molecule has 106 valence electrons. The summed E-state index contributed by atoms with van der Waals surface area (Å²) in [4.78, 5) is 10.6. The van der Waals surface area contributed by atoms with Crippen molar-refractivity contribution in [2.24, 2.45) is 0 Å². The van der Waals surface area contributed by atoms with Crippen molar-refractivity contribution >= 4 is 16.6 Å². The van der Waals surface area contributed by atoms with E-state index in [-0.39, 0.29) is 11.4 Å². The van der Waals surface area contributed by atoms with E-state index in [2.05, 4.69) is 5.10 Å². The number of nitrogens with zero attached hydrogens (tertiary/aromatic N) is 3. The molecule has 0 N–H and O–H groups in total. The lowest BCUT2D eigenvalue weighted by atomic mass is 10.1. The number of ether oxygens (including phenoxy) is 2. The third kappa shape index (κ3) is 2.20. The van der Waals surface area contributed by atoms with Crippen molar-refractivity contribution in [3.05, 3.63) is 28.4 Å². The molecule has 7 heteroatoms. The lowest BCUT2D eigenvalue weighted by Gasteiger charge is -2.22. The predicted octanol–water partition coefficient (Wildman–Crippen LogP) is 2.30. The second kappa shape index (κ2) is 5.09. The molecular weight excluding hydrogens is 262 g/mol. The Hall–Kier alpha value is -2.15. The van der Waals surface area contributed by atoms with E-state index >= 15 is 0 Å². The summed E-state index contributed by atoms with van der Waals surface area (Å²) in [5, 5.41) is 16.3. The van der Waals surface area contributed by atoms with Crippen molar-refractivity contribution in [3.8, 4) is 5.75 Å². The quantitative estimate of drug-likeness (QED) is 0.635. The van der Waals surface area contributed by atoms with Gasteiger partial charge < -0.3 is 9.47 Å². The van der Waals surface area contributed by atoms with Crippen LogP contribution in [0.15, 0.2) is 18.3 Å². The fraction of sp³-hybridized carbons (Fsp3) is 0.462. The van der Waals surface area contributed by atoms with Crippen LogP contribution in [0.25, 0.3) is 10.9 Å². The fourth-order valence-corrected chi connectivity index (χ4v) is 2.50. The lowest BCUT2D eigenvalue weighted by Crippen LogP contribution is -2.19. The zero-order valence-electron chi connectivity index (χ0n) is 11.1. The maximum absolute atomic E-state index is 11.0. The minimum absolute atomic E-state index is 0.0356. The van der Waals surface area contributed by atoms with E-state index < -0.39 is 4.92 Å². The van der Waals surface area contributed by atoms with Gasteiger partial charge in [-0.05, 0) is 12.8 Å². The van der Waals surface area contributed by atoms with Crippen LogP contribution in [0.3, 0.4) is 0 Å². The molecule has 1 saturated heterocycles. The molecule has 0 atom stereocenters.